The van der Waals surface area contributed by atoms with Gasteiger partial charge in [-0.3, -0.25) is 4.79 Å². The van der Waals surface area contributed by atoms with Gasteiger partial charge in [0, 0.05) is 12.5 Å². The van der Waals surface area contributed by atoms with Crippen LogP contribution >= 0.6 is 0 Å². The molecule has 1 aliphatic rings. The summed E-state index contributed by atoms with van der Waals surface area (Å²) in [4.78, 5) is 17.0. The number of imidazole rings is 1. The summed E-state index contributed by atoms with van der Waals surface area (Å²) in [7, 11) is 0. The number of ether oxygens (including phenoxy) is 1. The van der Waals surface area contributed by atoms with Crippen LogP contribution in [-0.4, -0.2) is 22.1 Å². The monoisotopic (exact) mass is 391 g/mol. The van der Waals surface area contributed by atoms with Crippen molar-refractivity contribution in [3.63, 3.8) is 0 Å². The molecule has 0 spiro atoms. The van der Waals surface area contributed by atoms with Gasteiger partial charge in [0.1, 0.15) is 11.6 Å². The summed E-state index contributed by atoms with van der Waals surface area (Å²) in [6, 6.07) is 16.2. The molecular formula is C24H29N3O2. The fourth-order valence-corrected chi connectivity index (χ4v) is 3.60. The number of benzene rings is 2. The molecule has 152 valence electrons. The summed E-state index contributed by atoms with van der Waals surface area (Å²) in [6.45, 7) is 5.65. The number of fused-ring (bicyclic) bond motifs is 1. The molecule has 2 aromatic carbocycles. The molecule has 1 heterocycles. The number of carbonyl (C=O) groups excluding carboxylic acids is 1. The molecule has 29 heavy (non-hydrogen) atoms. The Balaban J connectivity index is 1.38. The van der Waals surface area contributed by atoms with Crippen molar-refractivity contribution in [2.24, 2.45) is 5.92 Å². The number of unbranched alkanes of at least 4 members (excludes halogenated alkanes) is 1. The maximum Gasteiger partial charge on any atom is 0.223 e. The summed E-state index contributed by atoms with van der Waals surface area (Å²) < 4.78 is 8.10. The zero-order valence-corrected chi connectivity index (χ0v) is 17.2. The highest BCUT2D eigenvalue weighted by atomic mass is 16.5. The Morgan fingerprint density at radius 3 is 2.69 bits per heavy atom. The molecular weight excluding hydrogens is 362 g/mol. The van der Waals surface area contributed by atoms with Crippen molar-refractivity contribution in [3.8, 4) is 5.75 Å². The minimum absolute atomic E-state index is 0.0979. The van der Waals surface area contributed by atoms with Gasteiger partial charge in [-0.25, -0.2) is 4.98 Å². The van der Waals surface area contributed by atoms with Crippen LogP contribution < -0.4 is 10.1 Å². The largest absolute Gasteiger partial charge is 0.494 e. The van der Waals surface area contributed by atoms with Crippen LogP contribution in [0.25, 0.3) is 11.0 Å². The Hall–Kier alpha value is -2.82. The van der Waals surface area contributed by atoms with E-state index >= 15 is 0 Å². The third-order valence-electron chi connectivity index (χ3n) is 5.44. The van der Waals surface area contributed by atoms with Crippen LogP contribution in [0.4, 0.5) is 0 Å². The second-order valence-corrected chi connectivity index (χ2v) is 7.98. The fourth-order valence-electron chi connectivity index (χ4n) is 3.60. The lowest BCUT2D eigenvalue weighted by molar-refractivity contribution is -0.123. The molecule has 1 N–H and O–H groups in total. The Morgan fingerprint density at radius 2 is 1.93 bits per heavy atom. The van der Waals surface area contributed by atoms with Crippen molar-refractivity contribution in [1.29, 1.82) is 0 Å². The average Bonchev–Trinajstić information content (AvgIpc) is 3.51. The van der Waals surface area contributed by atoms with Crippen molar-refractivity contribution >= 4 is 16.9 Å². The molecule has 0 bridgehead atoms. The van der Waals surface area contributed by atoms with Crippen LogP contribution in [0.2, 0.25) is 0 Å². The smallest absolute Gasteiger partial charge is 0.223 e. The molecule has 0 saturated heterocycles. The summed E-state index contributed by atoms with van der Waals surface area (Å²) >= 11 is 0. The van der Waals surface area contributed by atoms with Crippen molar-refractivity contribution in [2.75, 3.05) is 6.61 Å². The minimum atomic E-state index is -0.0979. The van der Waals surface area contributed by atoms with E-state index in [0.29, 0.717) is 6.61 Å². The SMILES string of the molecule is Cc1ccc(OCCCCn2c(C(C)NC(=O)C3CC3)nc3ccccc32)cc1. The number of para-hydroxylation sites is 2. The van der Waals surface area contributed by atoms with Crippen LogP contribution in [0.1, 0.15) is 50.0 Å². The van der Waals surface area contributed by atoms with E-state index in [1.165, 1.54) is 5.56 Å². The normalized spacial score (nSPS) is 14.7. The first-order valence-corrected chi connectivity index (χ1v) is 10.6. The topological polar surface area (TPSA) is 56.1 Å². The number of hydrogen-bond donors (Lipinski definition) is 1. The summed E-state index contributed by atoms with van der Waals surface area (Å²) in [5.41, 5.74) is 3.33. The fraction of sp³-hybridized carbons (Fsp3) is 0.417. The zero-order valence-electron chi connectivity index (χ0n) is 17.2. The van der Waals surface area contributed by atoms with E-state index in [1.807, 2.05) is 37.3 Å². The lowest BCUT2D eigenvalue weighted by Crippen LogP contribution is -2.29. The molecule has 5 heteroatoms. The molecule has 3 aromatic rings. The van der Waals surface area contributed by atoms with Gasteiger partial charge in [-0.2, -0.15) is 0 Å². The third-order valence-corrected chi connectivity index (χ3v) is 5.44. The van der Waals surface area contributed by atoms with Crippen molar-refractivity contribution < 1.29 is 9.53 Å². The number of amides is 1. The maximum atomic E-state index is 12.2. The van der Waals surface area contributed by atoms with Gasteiger partial charge in [-0.15, -0.1) is 0 Å². The molecule has 1 aliphatic carbocycles. The van der Waals surface area contributed by atoms with Crippen LogP contribution in [0.3, 0.4) is 0 Å². The van der Waals surface area contributed by atoms with Gasteiger partial charge in [0.25, 0.3) is 0 Å². The Labute approximate surface area is 172 Å². The van der Waals surface area contributed by atoms with Gasteiger partial charge in [0.05, 0.1) is 23.7 Å². The highest BCUT2D eigenvalue weighted by Crippen LogP contribution is 2.30. The van der Waals surface area contributed by atoms with Gasteiger partial charge in [0.2, 0.25) is 5.91 Å². The predicted octanol–water partition coefficient (Wildman–Crippen LogP) is 4.79. The van der Waals surface area contributed by atoms with E-state index < -0.39 is 0 Å². The number of rotatable bonds is 9. The predicted molar refractivity (Wildman–Crippen MR) is 115 cm³/mol. The third kappa shape index (κ3) is 4.78. The number of carbonyl (C=O) groups is 1. The molecule has 1 fully saturated rings. The van der Waals surface area contributed by atoms with Gasteiger partial charge in [-0.1, -0.05) is 29.8 Å². The summed E-state index contributed by atoms with van der Waals surface area (Å²) in [6.07, 6.45) is 3.97. The van der Waals surface area contributed by atoms with Gasteiger partial charge >= 0.3 is 0 Å². The highest BCUT2D eigenvalue weighted by Gasteiger charge is 2.31. The van der Waals surface area contributed by atoms with Crippen LogP contribution in [-0.2, 0) is 11.3 Å². The van der Waals surface area contributed by atoms with E-state index in [4.69, 9.17) is 9.72 Å². The van der Waals surface area contributed by atoms with Gasteiger partial charge in [0.15, 0.2) is 0 Å². The second-order valence-electron chi connectivity index (χ2n) is 7.98. The quantitative estimate of drug-likeness (QED) is 0.534. The highest BCUT2D eigenvalue weighted by molar-refractivity contribution is 5.81. The number of nitrogens with one attached hydrogen (secondary N) is 1. The number of hydrogen-bond acceptors (Lipinski definition) is 3. The molecule has 5 nitrogen and oxygen atoms in total. The first kappa shape index (κ1) is 19.5. The van der Waals surface area contributed by atoms with Gasteiger partial charge < -0.3 is 14.6 Å². The molecule has 1 saturated carbocycles. The molecule has 1 atom stereocenters. The van der Waals surface area contributed by atoms with Gasteiger partial charge in [-0.05, 0) is 63.8 Å². The van der Waals surface area contributed by atoms with Crippen LogP contribution in [0.15, 0.2) is 48.5 Å². The first-order chi connectivity index (χ1) is 14.1. The minimum Gasteiger partial charge on any atom is -0.494 e. The number of aromatic nitrogens is 2. The van der Waals surface area contributed by atoms with E-state index in [9.17, 15) is 4.79 Å². The van der Waals surface area contributed by atoms with E-state index in [-0.39, 0.29) is 17.9 Å². The van der Waals surface area contributed by atoms with Crippen molar-refractivity contribution in [2.45, 2.75) is 52.1 Å². The number of aryl methyl sites for hydroxylation is 2. The molecule has 1 amide bonds. The average molecular weight is 392 g/mol. The zero-order chi connectivity index (χ0) is 20.2. The van der Waals surface area contributed by atoms with E-state index in [2.05, 4.69) is 35.0 Å². The Kier molecular flexibility index (Phi) is 5.84. The van der Waals surface area contributed by atoms with Crippen LogP contribution in [0.5, 0.6) is 5.75 Å². The Bertz CT molecular complexity index is 973. The molecule has 1 unspecified atom stereocenters. The van der Waals surface area contributed by atoms with E-state index in [0.717, 1.165) is 54.8 Å². The maximum absolute atomic E-state index is 12.2. The standard InChI is InChI=1S/C24H29N3O2/c1-17-9-13-20(14-10-17)29-16-6-5-15-27-22-8-4-3-7-21(22)26-23(27)18(2)25-24(28)19-11-12-19/h3-4,7-10,13-14,18-19H,5-6,11-12,15-16H2,1-2H3,(H,25,28). The molecule has 1 aromatic heterocycles. The van der Waals surface area contributed by atoms with Crippen molar-refractivity contribution in [1.82, 2.24) is 14.9 Å². The number of nitrogens with zero attached hydrogens (tertiary/aromatic N) is 2. The molecule has 4 rings (SSSR count). The lowest BCUT2D eigenvalue weighted by Gasteiger charge is -2.16. The second kappa shape index (κ2) is 8.68. The Morgan fingerprint density at radius 1 is 1.17 bits per heavy atom. The van der Waals surface area contributed by atoms with Crippen molar-refractivity contribution in [3.05, 3.63) is 59.9 Å². The first-order valence-electron chi connectivity index (χ1n) is 10.6. The summed E-state index contributed by atoms with van der Waals surface area (Å²) in [5, 5.41) is 3.14. The van der Waals surface area contributed by atoms with E-state index in [1.54, 1.807) is 0 Å². The van der Waals surface area contributed by atoms with Crippen LogP contribution in [0, 0.1) is 12.8 Å². The molecule has 0 radical (unpaired) electrons. The lowest BCUT2D eigenvalue weighted by atomic mass is 10.2. The molecule has 0 aliphatic heterocycles. The summed E-state index contributed by atoms with van der Waals surface area (Å²) in [5.74, 6) is 2.21.